The highest BCUT2D eigenvalue weighted by Gasteiger charge is 2.13. The van der Waals surface area contributed by atoms with Crippen LogP contribution in [-0.2, 0) is 12.3 Å². The molecule has 0 aliphatic rings. The third kappa shape index (κ3) is 6.25. The Balaban J connectivity index is 2.54. The second-order valence-electron chi connectivity index (χ2n) is 5.19. The minimum absolute atomic E-state index is 0.167. The number of urea groups is 1. The smallest absolute Gasteiger partial charge is 0.315 e. The van der Waals surface area contributed by atoms with E-state index in [4.69, 9.17) is 0 Å². The summed E-state index contributed by atoms with van der Waals surface area (Å²) < 4.78 is 13.2. The molecule has 0 aliphatic carbocycles. The third-order valence-electron chi connectivity index (χ3n) is 2.59. The van der Waals surface area contributed by atoms with Crippen molar-refractivity contribution in [1.29, 1.82) is 0 Å². The predicted molar refractivity (Wildman–Crippen MR) is 80.2 cm³/mol. The van der Waals surface area contributed by atoms with E-state index in [0.29, 0.717) is 12.3 Å². The van der Waals surface area contributed by atoms with Gasteiger partial charge in [0.2, 0.25) is 0 Å². The van der Waals surface area contributed by atoms with Crippen LogP contribution in [0.4, 0.5) is 9.18 Å². The molecule has 0 aromatic heterocycles. The number of nitrogens with one attached hydrogen (secondary N) is 2. The molecular formula is C14H21FN2O2S. The number of hydrogen-bond donors (Lipinski definition) is 3. The van der Waals surface area contributed by atoms with Crippen LogP contribution in [0, 0.1) is 5.82 Å². The molecule has 0 saturated carbocycles. The maximum Gasteiger partial charge on any atom is 0.315 e. The SMILES string of the molecule is CSCc1cc(F)ccc1CNC(=O)NCC(C)(C)O. The summed E-state index contributed by atoms with van der Waals surface area (Å²) in [6.45, 7) is 3.72. The lowest BCUT2D eigenvalue weighted by molar-refractivity contribution is 0.0819. The summed E-state index contributed by atoms with van der Waals surface area (Å²) in [7, 11) is 0. The molecule has 0 spiro atoms. The lowest BCUT2D eigenvalue weighted by Gasteiger charge is -2.18. The topological polar surface area (TPSA) is 61.4 Å². The number of halogens is 1. The van der Waals surface area contributed by atoms with Gasteiger partial charge in [-0.15, -0.1) is 0 Å². The van der Waals surface area contributed by atoms with Crippen molar-refractivity contribution < 1.29 is 14.3 Å². The lowest BCUT2D eigenvalue weighted by Crippen LogP contribution is -2.43. The minimum Gasteiger partial charge on any atom is -0.389 e. The van der Waals surface area contributed by atoms with Gasteiger partial charge in [-0.05, 0) is 43.4 Å². The van der Waals surface area contributed by atoms with Gasteiger partial charge in [0, 0.05) is 18.8 Å². The van der Waals surface area contributed by atoms with Gasteiger partial charge in [0.1, 0.15) is 5.82 Å². The molecule has 2 amide bonds. The Hall–Kier alpha value is -1.27. The van der Waals surface area contributed by atoms with Gasteiger partial charge in [0.05, 0.1) is 5.60 Å². The van der Waals surface area contributed by atoms with Gasteiger partial charge >= 0.3 is 6.03 Å². The molecule has 0 bridgehead atoms. The van der Waals surface area contributed by atoms with E-state index in [-0.39, 0.29) is 18.4 Å². The second kappa shape index (κ2) is 7.50. The summed E-state index contributed by atoms with van der Waals surface area (Å²) in [5, 5.41) is 14.8. The normalized spacial score (nSPS) is 11.2. The molecule has 0 aliphatic heterocycles. The molecular weight excluding hydrogens is 279 g/mol. The monoisotopic (exact) mass is 300 g/mol. The number of carbonyl (C=O) groups excluding carboxylic acids is 1. The van der Waals surface area contributed by atoms with E-state index in [1.165, 1.54) is 12.1 Å². The minimum atomic E-state index is -0.947. The number of carbonyl (C=O) groups is 1. The summed E-state index contributed by atoms with van der Waals surface area (Å²) >= 11 is 1.60. The zero-order valence-electron chi connectivity index (χ0n) is 12.0. The van der Waals surface area contributed by atoms with Crippen molar-refractivity contribution >= 4 is 17.8 Å². The molecule has 1 rings (SSSR count). The van der Waals surface area contributed by atoms with Crippen LogP contribution < -0.4 is 10.6 Å². The number of amides is 2. The maximum atomic E-state index is 13.2. The van der Waals surface area contributed by atoms with Crippen LogP contribution in [0.5, 0.6) is 0 Å². The Morgan fingerprint density at radius 1 is 1.35 bits per heavy atom. The summed E-state index contributed by atoms with van der Waals surface area (Å²) in [5.74, 6) is 0.421. The van der Waals surface area contributed by atoms with Gasteiger partial charge in [-0.3, -0.25) is 0 Å². The first-order valence-electron chi connectivity index (χ1n) is 6.32. The number of benzene rings is 1. The molecule has 1 aromatic carbocycles. The average molecular weight is 300 g/mol. The molecule has 0 unspecified atom stereocenters. The van der Waals surface area contributed by atoms with Crippen LogP contribution >= 0.6 is 11.8 Å². The Morgan fingerprint density at radius 2 is 2.05 bits per heavy atom. The molecule has 0 atom stereocenters. The average Bonchev–Trinajstić information content (AvgIpc) is 2.35. The fraction of sp³-hybridized carbons (Fsp3) is 0.500. The summed E-state index contributed by atoms with van der Waals surface area (Å²) in [5.41, 5.74) is 0.816. The van der Waals surface area contributed by atoms with E-state index in [1.807, 2.05) is 6.26 Å². The van der Waals surface area contributed by atoms with Gasteiger partial charge < -0.3 is 15.7 Å². The fourth-order valence-electron chi connectivity index (χ4n) is 1.59. The summed E-state index contributed by atoms with van der Waals surface area (Å²) in [4.78, 5) is 11.6. The summed E-state index contributed by atoms with van der Waals surface area (Å²) in [6.07, 6.45) is 1.94. The molecule has 20 heavy (non-hydrogen) atoms. The van der Waals surface area contributed by atoms with E-state index in [2.05, 4.69) is 10.6 Å². The van der Waals surface area contributed by atoms with Crippen LogP contribution in [0.1, 0.15) is 25.0 Å². The number of thioether (sulfide) groups is 1. The van der Waals surface area contributed by atoms with Crippen molar-refractivity contribution in [2.75, 3.05) is 12.8 Å². The number of rotatable bonds is 6. The summed E-state index contributed by atoms with van der Waals surface area (Å²) in [6, 6.07) is 4.20. The molecule has 112 valence electrons. The van der Waals surface area contributed by atoms with Crippen molar-refractivity contribution in [3.05, 3.63) is 35.1 Å². The Kier molecular flexibility index (Phi) is 6.29. The van der Waals surface area contributed by atoms with Crippen molar-refractivity contribution in [3.8, 4) is 0 Å². The number of hydrogen-bond acceptors (Lipinski definition) is 3. The van der Waals surface area contributed by atoms with Crippen LogP contribution in [0.3, 0.4) is 0 Å². The Morgan fingerprint density at radius 3 is 2.65 bits per heavy atom. The van der Waals surface area contributed by atoms with Gasteiger partial charge in [0.25, 0.3) is 0 Å². The molecule has 0 fully saturated rings. The molecule has 0 radical (unpaired) electrons. The van der Waals surface area contributed by atoms with Crippen molar-refractivity contribution in [1.82, 2.24) is 10.6 Å². The Bertz CT molecular complexity index is 461. The highest BCUT2D eigenvalue weighted by Crippen LogP contribution is 2.16. The highest BCUT2D eigenvalue weighted by molar-refractivity contribution is 7.97. The van der Waals surface area contributed by atoms with Gasteiger partial charge in [0.15, 0.2) is 0 Å². The molecule has 0 heterocycles. The standard InChI is InChI=1S/C14H21FN2O2S/c1-14(2,19)9-17-13(18)16-7-10-4-5-12(15)6-11(10)8-20-3/h4-6,19H,7-9H2,1-3H3,(H2,16,17,18). The van der Waals surface area contributed by atoms with E-state index in [1.54, 1.807) is 31.7 Å². The van der Waals surface area contributed by atoms with Crippen molar-refractivity contribution in [2.24, 2.45) is 0 Å². The van der Waals surface area contributed by atoms with E-state index in [0.717, 1.165) is 11.1 Å². The molecule has 6 heteroatoms. The van der Waals surface area contributed by atoms with Gasteiger partial charge in [-0.25, -0.2) is 9.18 Å². The first-order chi connectivity index (χ1) is 9.31. The van der Waals surface area contributed by atoms with E-state index in [9.17, 15) is 14.3 Å². The van der Waals surface area contributed by atoms with E-state index < -0.39 is 5.60 Å². The van der Waals surface area contributed by atoms with Gasteiger partial charge in [-0.1, -0.05) is 6.07 Å². The lowest BCUT2D eigenvalue weighted by atomic mass is 10.1. The largest absolute Gasteiger partial charge is 0.389 e. The molecule has 4 nitrogen and oxygen atoms in total. The third-order valence-corrected chi connectivity index (χ3v) is 3.19. The van der Waals surface area contributed by atoms with E-state index >= 15 is 0 Å². The van der Waals surface area contributed by atoms with Crippen LogP contribution in [-0.4, -0.2) is 29.5 Å². The first kappa shape index (κ1) is 16.8. The quantitative estimate of drug-likeness (QED) is 0.755. The van der Waals surface area contributed by atoms with Crippen LogP contribution in [0.15, 0.2) is 18.2 Å². The second-order valence-corrected chi connectivity index (χ2v) is 6.06. The predicted octanol–water partition coefficient (Wildman–Crippen LogP) is 2.26. The van der Waals surface area contributed by atoms with Crippen LogP contribution in [0.25, 0.3) is 0 Å². The Labute approximate surface area is 123 Å². The maximum absolute atomic E-state index is 13.2. The zero-order chi connectivity index (χ0) is 15.2. The molecule has 3 N–H and O–H groups in total. The van der Waals surface area contributed by atoms with Crippen LogP contribution in [0.2, 0.25) is 0 Å². The van der Waals surface area contributed by atoms with Gasteiger partial charge in [-0.2, -0.15) is 11.8 Å². The molecule has 1 aromatic rings. The first-order valence-corrected chi connectivity index (χ1v) is 7.71. The highest BCUT2D eigenvalue weighted by atomic mass is 32.2. The molecule has 0 saturated heterocycles. The van der Waals surface area contributed by atoms with Crippen molar-refractivity contribution in [2.45, 2.75) is 31.7 Å². The van der Waals surface area contributed by atoms with Crippen molar-refractivity contribution in [3.63, 3.8) is 0 Å². The number of aliphatic hydroxyl groups is 1. The zero-order valence-corrected chi connectivity index (χ0v) is 12.8. The fourth-order valence-corrected chi connectivity index (χ4v) is 2.17.